The van der Waals surface area contributed by atoms with E-state index in [4.69, 9.17) is 10.5 Å². The van der Waals surface area contributed by atoms with Gasteiger partial charge < -0.3 is 10.5 Å². The van der Waals surface area contributed by atoms with Gasteiger partial charge in [0.1, 0.15) is 12.8 Å². The van der Waals surface area contributed by atoms with Crippen LogP contribution in [0.15, 0.2) is 4.99 Å². The molecule has 84 valence electrons. The van der Waals surface area contributed by atoms with Gasteiger partial charge in [-0.1, -0.05) is 13.3 Å². The van der Waals surface area contributed by atoms with Crippen LogP contribution in [0.3, 0.4) is 0 Å². The van der Waals surface area contributed by atoms with Gasteiger partial charge in [-0.3, -0.25) is 0 Å². The first-order valence-corrected chi connectivity index (χ1v) is 6.20. The molecule has 0 amide bonds. The van der Waals surface area contributed by atoms with Gasteiger partial charge in [0.2, 0.25) is 0 Å². The summed E-state index contributed by atoms with van der Waals surface area (Å²) in [5, 5.41) is 0. The van der Waals surface area contributed by atoms with Crippen molar-refractivity contribution < 1.29 is 4.74 Å². The fourth-order valence-electron chi connectivity index (χ4n) is 3.86. The first-order valence-electron chi connectivity index (χ1n) is 6.20. The molecule has 3 rings (SSSR count). The molecule has 4 atom stereocenters. The maximum absolute atomic E-state index is 5.77. The SMILES string of the molecule is CCC1CC2(C3=NC(N)CO3)CCC1C2. The fourth-order valence-corrected chi connectivity index (χ4v) is 3.86. The quantitative estimate of drug-likeness (QED) is 0.753. The molecule has 0 aromatic heterocycles. The Balaban J connectivity index is 1.84. The van der Waals surface area contributed by atoms with Crippen molar-refractivity contribution in [1.29, 1.82) is 0 Å². The lowest BCUT2D eigenvalue weighted by molar-refractivity contribution is 0.240. The van der Waals surface area contributed by atoms with Crippen molar-refractivity contribution in [3.05, 3.63) is 0 Å². The number of rotatable bonds is 2. The lowest BCUT2D eigenvalue weighted by Crippen LogP contribution is -2.28. The van der Waals surface area contributed by atoms with E-state index in [0.29, 0.717) is 12.0 Å². The number of aliphatic imine (C=N–C) groups is 1. The lowest BCUT2D eigenvalue weighted by atomic mass is 9.79. The van der Waals surface area contributed by atoms with E-state index in [1.165, 1.54) is 32.1 Å². The Morgan fingerprint density at radius 2 is 2.40 bits per heavy atom. The Labute approximate surface area is 91.1 Å². The van der Waals surface area contributed by atoms with E-state index in [2.05, 4.69) is 11.9 Å². The van der Waals surface area contributed by atoms with E-state index in [-0.39, 0.29) is 6.17 Å². The molecule has 0 saturated heterocycles. The first kappa shape index (κ1) is 9.64. The Bertz CT molecular complexity index is 302. The van der Waals surface area contributed by atoms with Crippen LogP contribution in [-0.4, -0.2) is 18.7 Å². The minimum atomic E-state index is -0.103. The van der Waals surface area contributed by atoms with Crippen molar-refractivity contribution in [2.45, 2.75) is 45.2 Å². The van der Waals surface area contributed by atoms with Crippen molar-refractivity contribution in [1.82, 2.24) is 0 Å². The van der Waals surface area contributed by atoms with Crippen molar-refractivity contribution >= 4 is 5.90 Å². The van der Waals surface area contributed by atoms with Gasteiger partial charge in [0.25, 0.3) is 0 Å². The highest BCUT2D eigenvalue weighted by atomic mass is 16.5. The van der Waals surface area contributed by atoms with E-state index >= 15 is 0 Å². The van der Waals surface area contributed by atoms with Gasteiger partial charge in [-0.25, -0.2) is 4.99 Å². The second-order valence-electron chi connectivity index (χ2n) is 5.47. The summed E-state index contributed by atoms with van der Waals surface area (Å²) in [5.41, 5.74) is 6.07. The molecule has 1 aliphatic heterocycles. The van der Waals surface area contributed by atoms with Crippen LogP contribution >= 0.6 is 0 Å². The summed E-state index contributed by atoms with van der Waals surface area (Å²) >= 11 is 0. The van der Waals surface area contributed by atoms with Crippen LogP contribution in [0.5, 0.6) is 0 Å². The monoisotopic (exact) mass is 208 g/mol. The van der Waals surface area contributed by atoms with E-state index in [9.17, 15) is 0 Å². The average molecular weight is 208 g/mol. The standard InChI is InChI=1S/C12H20N2O/c1-2-8-5-12(4-3-9(8)6-12)11-14-10(13)7-15-11/h8-10H,2-7,13H2,1H3. The summed E-state index contributed by atoms with van der Waals surface area (Å²) in [6.45, 7) is 2.90. The third-order valence-corrected chi connectivity index (χ3v) is 4.62. The summed E-state index contributed by atoms with van der Waals surface area (Å²) in [4.78, 5) is 4.48. The van der Waals surface area contributed by atoms with Gasteiger partial charge in [-0.05, 0) is 37.5 Å². The van der Waals surface area contributed by atoms with Gasteiger partial charge in [-0.2, -0.15) is 0 Å². The van der Waals surface area contributed by atoms with E-state index < -0.39 is 0 Å². The predicted molar refractivity (Wildman–Crippen MR) is 59.5 cm³/mol. The number of nitrogens with zero attached hydrogens (tertiary/aromatic N) is 1. The molecule has 0 spiro atoms. The maximum Gasteiger partial charge on any atom is 0.191 e. The van der Waals surface area contributed by atoms with Gasteiger partial charge in [0, 0.05) is 5.41 Å². The summed E-state index contributed by atoms with van der Waals surface area (Å²) in [5.74, 6) is 2.83. The Hall–Kier alpha value is -0.570. The number of fused-ring (bicyclic) bond motifs is 2. The van der Waals surface area contributed by atoms with Crippen LogP contribution in [-0.2, 0) is 4.74 Å². The normalized spacial score (nSPS) is 48.1. The predicted octanol–water partition coefficient (Wildman–Crippen LogP) is 1.92. The minimum absolute atomic E-state index is 0.103. The molecule has 2 fully saturated rings. The van der Waals surface area contributed by atoms with Crippen LogP contribution in [0.1, 0.15) is 39.0 Å². The van der Waals surface area contributed by atoms with Gasteiger partial charge >= 0.3 is 0 Å². The third kappa shape index (κ3) is 1.32. The number of hydrogen-bond donors (Lipinski definition) is 1. The summed E-state index contributed by atoms with van der Waals surface area (Å²) in [6, 6.07) is 0. The van der Waals surface area contributed by atoms with Crippen LogP contribution in [0.2, 0.25) is 0 Å². The summed E-state index contributed by atoms with van der Waals surface area (Å²) < 4.78 is 5.69. The summed E-state index contributed by atoms with van der Waals surface area (Å²) in [7, 11) is 0. The zero-order valence-corrected chi connectivity index (χ0v) is 9.41. The number of hydrogen-bond acceptors (Lipinski definition) is 3. The molecule has 4 unspecified atom stereocenters. The third-order valence-electron chi connectivity index (χ3n) is 4.62. The smallest absolute Gasteiger partial charge is 0.191 e. The van der Waals surface area contributed by atoms with Crippen LogP contribution in [0, 0.1) is 17.3 Å². The molecule has 3 heteroatoms. The maximum atomic E-state index is 5.77. The van der Waals surface area contributed by atoms with E-state index in [1.54, 1.807) is 0 Å². The number of nitrogens with two attached hydrogens (primary N) is 1. The van der Waals surface area contributed by atoms with Crippen molar-refractivity contribution in [2.75, 3.05) is 6.61 Å². The second-order valence-corrected chi connectivity index (χ2v) is 5.47. The largest absolute Gasteiger partial charge is 0.477 e. The van der Waals surface area contributed by atoms with Gasteiger partial charge in [0.15, 0.2) is 5.90 Å². The molecule has 0 radical (unpaired) electrons. The zero-order valence-electron chi connectivity index (χ0n) is 9.41. The fraction of sp³-hybridized carbons (Fsp3) is 0.917. The highest BCUT2D eigenvalue weighted by molar-refractivity contribution is 5.85. The molecule has 2 aliphatic carbocycles. The average Bonchev–Trinajstić information content (AvgIpc) is 2.90. The van der Waals surface area contributed by atoms with E-state index in [0.717, 1.165) is 17.7 Å². The van der Waals surface area contributed by atoms with Gasteiger partial charge in [0.05, 0.1) is 0 Å². The minimum Gasteiger partial charge on any atom is -0.477 e. The van der Waals surface area contributed by atoms with Crippen LogP contribution < -0.4 is 5.73 Å². The Morgan fingerprint density at radius 1 is 1.53 bits per heavy atom. The topological polar surface area (TPSA) is 47.6 Å². The summed E-state index contributed by atoms with van der Waals surface area (Å²) in [6.07, 6.45) is 6.45. The lowest BCUT2D eigenvalue weighted by Gasteiger charge is -2.28. The Kier molecular flexibility index (Phi) is 2.06. The number of ether oxygens (including phenoxy) is 1. The molecular weight excluding hydrogens is 188 g/mol. The molecule has 3 nitrogen and oxygen atoms in total. The molecular formula is C12H20N2O. The molecule has 0 aromatic rings. The first-order chi connectivity index (χ1) is 7.23. The second kappa shape index (κ2) is 3.21. The van der Waals surface area contributed by atoms with Crippen LogP contribution in [0.25, 0.3) is 0 Å². The van der Waals surface area contributed by atoms with Crippen molar-refractivity contribution in [3.63, 3.8) is 0 Å². The molecule has 1 heterocycles. The van der Waals surface area contributed by atoms with Crippen molar-refractivity contribution in [3.8, 4) is 0 Å². The van der Waals surface area contributed by atoms with Crippen LogP contribution in [0.4, 0.5) is 0 Å². The molecule has 2 bridgehead atoms. The van der Waals surface area contributed by atoms with Gasteiger partial charge in [-0.15, -0.1) is 0 Å². The highest BCUT2D eigenvalue weighted by Crippen LogP contribution is 2.59. The molecule has 2 saturated carbocycles. The molecule has 2 N–H and O–H groups in total. The Morgan fingerprint density at radius 3 is 3.00 bits per heavy atom. The van der Waals surface area contributed by atoms with Crippen molar-refractivity contribution in [2.24, 2.45) is 28.0 Å². The van der Waals surface area contributed by atoms with E-state index in [1.807, 2.05) is 0 Å². The zero-order chi connectivity index (χ0) is 10.5. The molecule has 0 aromatic carbocycles. The molecule has 3 aliphatic rings. The molecule has 15 heavy (non-hydrogen) atoms. The highest BCUT2D eigenvalue weighted by Gasteiger charge is 2.54.